The first-order valence-corrected chi connectivity index (χ1v) is 9.00. The van der Waals surface area contributed by atoms with Gasteiger partial charge in [0.2, 0.25) is 5.78 Å². The third-order valence-corrected chi connectivity index (χ3v) is 4.35. The van der Waals surface area contributed by atoms with Crippen molar-refractivity contribution in [3.05, 3.63) is 95.0 Å². The van der Waals surface area contributed by atoms with Crippen LogP contribution in [0.3, 0.4) is 0 Å². The Labute approximate surface area is 174 Å². The Morgan fingerprint density at radius 1 is 1.00 bits per heavy atom. The third kappa shape index (κ3) is 4.42. The van der Waals surface area contributed by atoms with E-state index in [-0.39, 0.29) is 39.7 Å². The number of hydrogen-bond acceptors (Lipinski definition) is 5. The molecule has 3 aromatic carbocycles. The van der Waals surface area contributed by atoms with Crippen molar-refractivity contribution in [2.24, 2.45) is 0 Å². The fourth-order valence-corrected chi connectivity index (χ4v) is 2.93. The molecule has 4 rings (SSSR count). The third-order valence-electron chi connectivity index (χ3n) is 4.35. The maximum Gasteiger partial charge on any atom is 0.387 e. The number of ether oxygens (including phenoxy) is 3. The number of esters is 1. The molecule has 5 nitrogen and oxygen atoms in total. The molecule has 0 atom stereocenters. The molecule has 1 aliphatic rings. The van der Waals surface area contributed by atoms with Crippen LogP contribution >= 0.6 is 0 Å². The maximum atomic E-state index is 13.0. The van der Waals surface area contributed by atoms with E-state index in [1.807, 2.05) is 0 Å². The highest BCUT2D eigenvalue weighted by Gasteiger charge is 2.28. The number of hydrogen-bond donors (Lipinski definition) is 0. The zero-order chi connectivity index (χ0) is 22.0. The second-order valence-electron chi connectivity index (χ2n) is 6.41. The van der Waals surface area contributed by atoms with E-state index in [2.05, 4.69) is 4.74 Å². The summed E-state index contributed by atoms with van der Waals surface area (Å²) in [6.45, 7) is -3.02. The predicted molar refractivity (Wildman–Crippen MR) is 104 cm³/mol. The lowest BCUT2D eigenvalue weighted by molar-refractivity contribution is -0.0500. The molecule has 0 fully saturated rings. The van der Waals surface area contributed by atoms with Crippen LogP contribution in [0.4, 0.5) is 13.2 Å². The molecule has 0 aliphatic carbocycles. The van der Waals surface area contributed by atoms with Crippen molar-refractivity contribution in [1.82, 2.24) is 0 Å². The van der Waals surface area contributed by atoms with Gasteiger partial charge in [0.1, 0.15) is 23.1 Å². The van der Waals surface area contributed by atoms with Crippen molar-refractivity contribution in [2.45, 2.75) is 6.61 Å². The van der Waals surface area contributed by atoms with E-state index in [9.17, 15) is 22.8 Å². The molecular weight excluding hydrogens is 413 g/mol. The Morgan fingerprint density at radius 3 is 2.48 bits per heavy atom. The van der Waals surface area contributed by atoms with E-state index in [0.717, 1.165) is 12.1 Å². The Morgan fingerprint density at radius 2 is 1.74 bits per heavy atom. The van der Waals surface area contributed by atoms with E-state index >= 15 is 0 Å². The Hall–Kier alpha value is -4.07. The zero-order valence-corrected chi connectivity index (χ0v) is 15.7. The van der Waals surface area contributed by atoms with Crippen molar-refractivity contribution in [1.29, 1.82) is 0 Å². The SMILES string of the molecule is O=C(Oc1ccc2c(c1)O/C(=C\c1ccccc1OC(F)F)C2=O)c1ccc(F)cc1. The van der Waals surface area contributed by atoms with Crippen molar-refractivity contribution in [3.8, 4) is 17.2 Å². The van der Waals surface area contributed by atoms with E-state index in [4.69, 9.17) is 9.47 Å². The molecule has 8 heteroatoms. The van der Waals surface area contributed by atoms with E-state index < -0.39 is 24.2 Å². The van der Waals surface area contributed by atoms with Crippen LogP contribution in [0.15, 0.2) is 72.5 Å². The first-order chi connectivity index (χ1) is 14.9. The molecule has 0 spiro atoms. The van der Waals surface area contributed by atoms with Gasteiger partial charge in [0, 0.05) is 11.6 Å². The standard InChI is InChI=1S/C23H13F3O5/c24-15-7-5-13(6-8-15)22(28)29-16-9-10-17-19(12-16)30-20(21(17)27)11-14-3-1-2-4-18(14)31-23(25)26/h1-12,23H/b20-11-. The van der Waals surface area contributed by atoms with Crippen LogP contribution in [0.2, 0.25) is 0 Å². The number of para-hydroxylation sites is 1. The number of allylic oxidation sites excluding steroid dienone is 1. The molecule has 0 amide bonds. The van der Waals surface area contributed by atoms with Crippen molar-refractivity contribution in [3.63, 3.8) is 0 Å². The van der Waals surface area contributed by atoms with Crippen molar-refractivity contribution in [2.75, 3.05) is 0 Å². The normalized spacial score (nSPS) is 13.8. The number of halogens is 3. The van der Waals surface area contributed by atoms with Crippen LogP contribution in [0.25, 0.3) is 6.08 Å². The van der Waals surface area contributed by atoms with Gasteiger partial charge in [-0.05, 0) is 48.5 Å². The van der Waals surface area contributed by atoms with Gasteiger partial charge in [0.15, 0.2) is 5.76 Å². The van der Waals surface area contributed by atoms with Gasteiger partial charge in [-0.2, -0.15) is 8.78 Å². The molecule has 0 saturated heterocycles. The second-order valence-corrected chi connectivity index (χ2v) is 6.41. The van der Waals surface area contributed by atoms with E-state index in [0.29, 0.717) is 0 Å². The maximum absolute atomic E-state index is 13.0. The average Bonchev–Trinajstić information content (AvgIpc) is 3.04. The number of ketones is 1. The van der Waals surface area contributed by atoms with Gasteiger partial charge in [-0.3, -0.25) is 4.79 Å². The summed E-state index contributed by atoms with van der Waals surface area (Å²) in [6, 6.07) is 15.0. The van der Waals surface area contributed by atoms with Crippen LogP contribution < -0.4 is 14.2 Å². The summed E-state index contributed by atoms with van der Waals surface area (Å²) in [5.41, 5.74) is 0.608. The van der Waals surface area contributed by atoms with Crippen LogP contribution in [-0.2, 0) is 0 Å². The van der Waals surface area contributed by atoms with Crippen LogP contribution in [0.1, 0.15) is 26.3 Å². The van der Waals surface area contributed by atoms with Gasteiger partial charge < -0.3 is 14.2 Å². The minimum Gasteiger partial charge on any atom is -0.452 e. The lowest BCUT2D eigenvalue weighted by Gasteiger charge is -2.08. The fraction of sp³-hybridized carbons (Fsp3) is 0.0435. The summed E-state index contributed by atoms with van der Waals surface area (Å²) >= 11 is 0. The largest absolute Gasteiger partial charge is 0.452 e. The first-order valence-electron chi connectivity index (χ1n) is 9.00. The number of benzene rings is 3. The smallest absolute Gasteiger partial charge is 0.387 e. The Balaban J connectivity index is 1.55. The number of alkyl halides is 2. The molecule has 0 bridgehead atoms. The second kappa shape index (κ2) is 8.35. The quantitative estimate of drug-likeness (QED) is 0.316. The molecule has 156 valence electrons. The number of carbonyl (C=O) groups is 2. The summed E-state index contributed by atoms with van der Waals surface area (Å²) in [6.07, 6.45) is 1.30. The van der Waals surface area contributed by atoms with Crippen LogP contribution in [-0.4, -0.2) is 18.4 Å². The highest BCUT2D eigenvalue weighted by atomic mass is 19.3. The van der Waals surface area contributed by atoms with Gasteiger partial charge in [0.25, 0.3) is 0 Å². The average molecular weight is 426 g/mol. The minimum absolute atomic E-state index is 0.0951. The van der Waals surface area contributed by atoms with Crippen molar-refractivity contribution < 1.29 is 37.0 Å². The molecule has 3 aromatic rings. The van der Waals surface area contributed by atoms with Gasteiger partial charge in [-0.15, -0.1) is 0 Å². The Kier molecular flexibility index (Phi) is 5.44. The van der Waals surface area contributed by atoms with Crippen LogP contribution in [0.5, 0.6) is 17.2 Å². The number of carbonyl (C=O) groups excluding carboxylic acids is 2. The van der Waals surface area contributed by atoms with Gasteiger partial charge in [-0.25, -0.2) is 9.18 Å². The molecule has 31 heavy (non-hydrogen) atoms. The highest BCUT2D eigenvalue weighted by molar-refractivity contribution is 6.14. The molecule has 0 radical (unpaired) electrons. The molecule has 0 unspecified atom stereocenters. The molecule has 1 heterocycles. The van der Waals surface area contributed by atoms with Gasteiger partial charge in [-0.1, -0.05) is 18.2 Å². The molecule has 0 saturated carbocycles. The molecular formula is C23H13F3O5. The minimum atomic E-state index is -3.02. The summed E-state index contributed by atoms with van der Waals surface area (Å²) in [5.74, 6) is -1.60. The lowest BCUT2D eigenvalue weighted by atomic mass is 10.1. The number of fused-ring (bicyclic) bond motifs is 1. The summed E-state index contributed by atoms with van der Waals surface area (Å²) in [5, 5.41) is 0. The molecule has 1 aliphatic heterocycles. The Bertz CT molecular complexity index is 1190. The van der Waals surface area contributed by atoms with Gasteiger partial charge in [0.05, 0.1) is 11.1 Å². The van der Waals surface area contributed by atoms with E-state index in [1.54, 1.807) is 6.07 Å². The van der Waals surface area contributed by atoms with Crippen LogP contribution in [0, 0.1) is 5.82 Å². The summed E-state index contributed by atoms with van der Waals surface area (Å²) < 4.78 is 53.4. The van der Waals surface area contributed by atoms with Crippen molar-refractivity contribution >= 4 is 17.8 Å². The number of Topliss-reactive ketones (excluding diaryl/α,β-unsaturated/α-hetero) is 1. The number of rotatable bonds is 5. The highest BCUT2D eigenvalue weighted by Crippen LogP contribution is 2.36. The zero-order valence-electron chi connectivity index (χ0n) is 15.7. The summed E-state index contributed by atoms with van der Waals surface area (Å²) in [4.78, 5) is 24.8. The molecule has 0 aromatic heterocycles. The summed E-state index contributed by atoms with van der Waals surface area (Å²) in [7, 11) is 0. The first kappa shape index (κ1) is 20.2. The lowest BCUT2D eigenvalue weighted by Crippen LogP contribution is -2.08. The predicted octanol–water partition coefficient (Wildman–Crippen LogP) is 5.26. The topological polar surface area (TPSA) is 61.8 Å². The monoisotopic (exact) mass is 426 g/mol. The molecule has 0 N–H and O–H groups in total. The van der Waals surface area contributed by atoms with Gasteiger partial charge >= 0.3 is 12.6 Å². The fourth-order valence-electron chi connectivity index (χ4n) is 2.93. The van der Waals surface area contributed by atoms with E-state index in [1.165, 1.54) is 54.6 Å².